The molecule has 40 heavy (non-hydrogen) atoms. The average molecular weight is 608 g/mol. The summed E-state index contributed by atoms with van der Waals surface area (Å²) in [5.41, 5.74) is 1.22. The molecule has 0 aliphatic carbocycles. The Balaban J connectivity index is 1.68. The third-order valence-electron chi connectivity index (χ3n) is 6.84. The zero-order valence-corrected chi connectivity index (χ0v) is 25.1. The first kappa shape index (κ1) is 30.0. The fraction of sp³-hybridized carbons (Fsp3) is 0.370. The van der Waals surface area contributed by atoms with Crippen LogP contribution in [0.4, 0.5) is 5.69 Å². The van der Waals surface area contributed by atoms with E-state index < -0.39 is 38.1 Å². The number of hydrogen-bond donors (Lipinski definition) is 2. The third kappa shape index (κ3) is 6.33. The van der Waals surface area contributed by atoms with Crippen molar-refractivity contribution in [3.8, 4) is 5.75 Å². The van der Waals surface area contributed by atoms with Crippen LogP contribution in [0.5, 0.6) is 5.75 Å². The molecule has 4 rings (SSSR count). The fourth-order valence-electron chi connectivity index (χ4n) is 4.37. The number of fused-ring (bicyclic) bond motifs is 1. The molecule has 2 heterocycles. The van der Waals surface area contributed by atoms with E-state index in [2.05, 4.69) is 4.72 Å². The predicted molar refractivity (Wildman–Crippen MR) is 154 cm³/mol. The van der Waals surface area contributed by atoms with Crippen molar-refractivity contribution >= 4 is 43.0 Å². The standard InChI is InChI=1S/C27H33N3O7S3/c1-18-7-10-22(11-8-18)40(35,36)29(4)16-25-19(2)15-30(20(3)17-31)27(32)23-14-21(9-12-24(23)37-25)28-39(33,34)26-6-5-13-38-26/h5-14,19-20,25,28,31H,15-17H2,1-4H3/t19-,20-,25+/m0/s1. The van der Waals surface area contributed by atoms with E-state index in [1.165, 1.54) is 40.5 Å². The molecule has 0 saturated heterocycles. The van der Waals surface area contributed by atoms with Crippen molar-refractivity contribution < 1.29 is 31.5 Å². The van der Waals surface area contributed by atoms with E-state index in [0.717, 1.165) is 16.9 Å². The van der Waals surface area contributed by atoms with Crippen molar-refractivity contribution in [2.24, 2.45) is 5.92 Å². The van der Waals surface area contributed by atoms with Crippen LogP contribution in [-0.2, 0) is 20.0 Å². The minimum atomic E-state index is -3.86. The number of nitrogens with zero attached hydrogens (tertiary/aromatic N) is 2. The molecule has 0 unspecified atom stereocenters. The Hall–Kier alpha value is -2.97. The van der Waals surface area contributed by atoms with E-state index in [1.807, 2.05) is 13.8 Å². The lowest BCUT2D eigenvalue weighted by molar-refractivity contribution is 0.0387. The van der Waals surface area contributed by atoms with Gasteiger partial charge in [-0.3, -0.25) is 9.52 Å². The summed E-state index contributed by atoms with van der Waals surface area (Å²) in [4.78, 5) is 15.3. The van der Waals surface area contributed by atoms with Crippen molar-refractivity contribution in [2.45, 2.75) is 42.0 Å². The van der Waals surface area contributed by atoms with Gasteiger partial charge in [-0.1, -0.05) is 30.7 Å². The number of hydrogen-bond acceptors (Lipinski definition) is 8. The average Bonchev–Trinajstić information content (AvgIpc) is 3.47. The SMILES string of the molecule is Cc1ccc(S(=O)(=O)N(C)C[C@H]2Oc3ccc(NS(=O)(=O)c4cccs4)cc3C(=O)N([C@@H](C)CO)C[C@@H]2C)cc1. The molecule has 13 heteroatoms. The van der Waals surface area contributed by atoms with Crippen molar-refractivity contribution in [1.82, 2.24) is 9.21 Å². The van der Waals surface area contributed by atoms with Gasteiger partial charge in [-0.15, -0.1) is 11.3 Å². The van der Waals surface area contributed by atoms with Gasteiger partial charge in [-0.25, -0.2) is 16.8 Å². The van der Waals surface area contributed by atoms with E-state index in [-0.39, 0.29) is 51.7 Å². The summed E-state index contributed by atoms with van der Waals surface area (Å²) in [6, 6.07) is 13.5. The van der Waals surface area contributed by atoms with Gasteiger partial charge in [0.05, 0.1) is 29.7 Å². The van der Waals surface area contributed by atoms with Gasteiger partial charge in [-0.2, -0.15) is 4.31 Å². The normalized spacial score (nSPS) is 18.9. The third-order valence-corrected chi connectivity index (χ3v) is 11.5. The number of anilines is 1. The highest BCUT2D eigenvalue weighted by Crippen LogP contribution is 2.32. The maximum absolute atomic E-state index is 13.6. The number of aryl methyl sites for hydroxylation is 1. The molecule has 1 amide bonds. The van der Waals surface area contributed by atoms with Crippen molar-refractivity contribution in [2.75, 3.05) is 31.5 Å². The van der Waals surface area contributed by atoms with Crippen LogP contribution in [0.2, 0.25) is 0 Å². The van der Waals surface area contributed by atoms with Gasteiger partial charge in [-0.05, 0) is 55.6 Å². The second-order valence-electron chi connectivity index (χ2n) is 9.97. The molecular formula is C27H33N3O7S3. The Morgan fingerprint density at radius 2 is 1.85 bits per heavy atom. The van der Waals surface area contributed by atoms with E-state index in [0.29, 0.717) is 0 Å². The highest BCUT2D eigenvalue weighted by atomic mass is 32.2. The van der Waals surface area contributed by atoms with Crippen LogP contribution in [0.1, 0.15) is 29.8 Å². The van der Waals surface area contributed by atoms with Crippen LogP contribution in [-0.4, -0.2) is 75.9 Å². The van der Waals surface area contributed by atoms with Crippen LogP contribution in [0, 0.1) is 12.8 Å². The first-order valence-corrected chi connectivity index (χ1v) is 16.5. The lowest BCUT2D eigenvalue weighted by Crippen LogP contribution is -2.50. The Bertz CT molecular complexity index is 1560. The van der Waals surface area contributed by atoms with E-state index in [4.69, 9.17) is 4.74 Å². The number of carbonyl (C=O) groups is 1. The van der Waals surface area contributed by atoms with Crippen LogP contribution in [0.3, 0.4) is 0 Å². The maximum atomic E-state index is 13.6. The number of aliphatic hydroxyl groups is 1. The number of sulfonamides is 2. The molecule has 216 valence electrons. The largest absolute Gasteiger partial charge is 0.488 e. The van der Waals surface area contributed by atoms with Gasteiger partial charge in [0.15, 0.2) is 0 Å². The molecule has 1 aromatic heterocycles. The summed E-state index contributed by atoms with van der Waals surface area (Å²) < 4.78 is 62.2. The number of benzene rings is 2. The minimum Gasteiger partial charge on any atom is -0.488 e. The van der Waals surface area contributed by atoms with Gasteiger partial charge in [0.1, 0.15) is 16.1 Å². The summed E-state index contributed by atoms with van der Waals surface area (Å²) >= 11 is 1.07. The molecule has 0 fully saturated rings. The van der Waals surface area contributed by atoms with E-state index in [9.17, 15) is 26.7 Å². The summed E-state index contributed by atoms with van der Waals surface area (Å²) in [6.07, 6.45) is -0.654. The number of thiophene rings is 1. The molecule has 0 spiro atoms. The summed E-state index contributed by atoms with van der Waals surface area (Å²) in [5.74, 6) is -0.546. The quantitative estimate of drug-likeness (QED) is 0.381. The Morgan fingerprint density at radius 3 is 2.48 bits per heavy atom. The predicted octanol–water partition coefficient (Wildman–Crippen LogP) is 3.40. The number of likely N-dealkylation sites (N-methyl/N-ethyl adjacent to an activating group) is 1. The molecule has 0 saturated carbocycles. The molecule has 1 aliphatic rings. The Morgan fingerprint density at radius 1 is 1.15 bits per heavy atom. The molecular weight excluding hydrogens is 575 g/mol. The van der Waals surface area contributed by atoms with Gasteiger partial charge in [0.2, 0.25) is 10.0 Å². The molecule has 2 aromatic carbocycles. The van der Waals surface area contributed by atoms with Crippen molar-refractivity contribution in [1.29, 1.82) is 0 Å². The monoisotopic (exact) mass is 607 g/mol. The van der Waals surface area contributed by atoms with Gasteiger partial charge in [0, 0.05) is 25.2 Å². The van der Waals surface area contributed by atoms with Crippen molar-refractivity contribution in [3.63, 3.8) is 0 Å². The van der Waals surface area contributed by atoms with Crippen LogP contribution in [0.15, 0.2) is 69.1 Å². The topological polar surface area (TPSA) is 133 Å². The second kappa shape index (κ2) is 11.9. The molecule has 3 aromatic rings. The number of carbonyl (C=O) groups excluding carboxylic acids is 1. The Labute approximate surface area is 239 Å². The number of ether oxygens (including phenoxy) is 1. The number of nitrogens with one attached hydrogen (secondary N) is 1. The van der Waals surface area contributed by atoms with E-state index in [1.54, 1.807) is 42.6 Å². The van der Waals surface area contributed by atoms with E-state index >= 15 is 0 Å². The first-order chi connectivity index (χ1) is 18.8. The zero-order valence-electron chi connectivity index (χ0n) is 22.6. The molecule has 2 N–H and O–H groups in total. The first-order valence-electron chi connectivity index (χ1n) is 12.7. The molecule has 3 atom stereocenters. The minimum absolute atomic E-state index is 0.000882. The lowest BCUT2D eigenvalue weighted by Gasteiger charge is -2.38. The smallest absolute Gasteiger partial charge is 0.271 e. The number of aliphatic hydroxyl groups excluding tert-OH is 1. The van der Waals surface area contributed by atoms with Crippen LogP contribution < -0.4 is 9.46 Å². The van der Waals surface area contributed by atoms with Crippen LogP contribution in [0.25, 0.3) is 0 Å². The number of rotatable bonds is 9. The fourth-order valence-corrected chi connectivity index (χ4v) is 7.59. The van der Waals surface area contributed by atoms with Gasteiger partial charge < -0.3 is 14.7 Å². The molecule has 10 nitrogen and oxygen atoms in total. The summed E-state index contributed by atoms with van der Waals surface area (Å²) in [5, 5.41) is 11.5. The molecule has 0 radical (unpaired) electrons. The van der Waals surface area contributed by atoms with Crippen LogP contribution >= 0.6 is 11.3 Å². The Kier molecular flexibility index (Phi) is 8.90. The highest BCUT2D eigenvalue weighted by Gasteiger charge is 2.35. The lowest BCUT2D eigenvalue weighted by atomic mass is 9.99. The zero-order chi connectivity index (χ0) is 29.2. The summed E-state index contributed by atoms with van der Waals surface area (Å²) in [6.45, 7) is 5.34. The number of amides is 1. The summed E-state index contributed by atoms with van der Waals surface area (Å²) in [7, 11) is -6.19. The highest BCUT2D eigenvalue weighted by molar-refractivity contribution is 7.94. The van der Waals surface area contributed by atoms with Gasteiger partial charge >= 0.3 is 0 Å². The molecule has 1 aliphatic heterocycles. The second-order valence-corrected chi connectivity index (χ2v) is 14.9. The maximum Gasteiger partial charge on any atom is 0.271 e. The van der Waals surface area contributed by atoms with Gasteiger partial charge in [0.25, 0.3) is 15.9 Å². The van der Waals surface area contributed by atoms with Crippen molar-refractivity contribution in [3.05, 3.63) is 71.1 Å². The molecule has 0 bridgehead atoms.